The van der Waals surface area contributed by atoms with Gasteiger partial charge in [-0.15, -0.1) is 0 Å². The number of benzene rings is 1. The summed E-state index contributed by atoms with van der Waals surface area (Å²) in [6, 6.07) is 5.93. The summed E-state index contributed by atoms with van der Waals surface area (Å²) in [5, 5.41) is 6.29. The summed E-state index contributed by atoms with van der Waals surface area (Å²) in [6.07, 6.45) is 0.443. The van der Waals surface area contributed by atoms with E-state index in [1.807, 2.05) is 25.1 Å². The standard InChI is InChI=1S/C12H15BrN2O2/c1-8-4-5-10(13)6-9(8)7-11(15-17-3)12(16)14-2/h4-6H,7H2,1-3H3,(H,14,16). The Morgan fingerprint density at radius 3 is 2.82 bits per heavy atom. The van der Waals surface area contributed by atoms with E-state index in [1.54, 1.807) is 7.05 Å². The molecule has 1 N–H and O–H groups in total. The third kappa shape index (κ3) is 3.85. The van der Waals surface area contributed by atoms with E-state index in [4.69, 9.17) is 0 Å². The van der Waals surface area contributed by atoms with E-state index in [0.717, 1.165) is 15.6 Å². The molecule has 1 amide bonds. The molecule has 0 unspecified atom stereocenters. The van der Waals surface area contributed by atoms with Gasteiger partial charge in [0.25, 0.3) is 5.91 Å². The molecule has 1 aromatic carbocycles. The second kappa shape index (κ2) is 6.39. The average Bonchev–Trinajstić information content (AvgIpc) is 2.32. The minimum absolute atomic E-state index is 0.230. The lowest BCUT2D eigenvalue weighted by molar-refractivity contribution is -0.114. The first kappa shape index (κ1) is 13.7. The predicted octanol–water partition coefficient (Wildman–Crippen LogP) is 2.05. The van der Waals surface area contributed by atoms with Crippen LogP contribution < -0.4 is 5.32 Å². The lowest BCUT2D eigenvalue weighted by Crippen LogP contribution is -2.29. The van der Waals surface area contributed by atoms with Gasteiger partial charge in [0.05, 0.1) is 0 Å². The van der Waals surface area contributed by atoms with Crippen molar-refractivity contribution >= 4 is 27.5 Å². The highest BCUT2D eigenvalue weighted by Crippen LogP contribution is 2.17. The van der Waals surface area contributed by atoms with E-state index < -0.39 is 0 Å². The number of oxime groups is 1. The Balaban J connectivity index is 2.97. The van der Waals surface area contributed by atoms with Crippen LogP contribution in [-0.4, -0.2) is 25.8 Å². The first-order valence-corrected chi connectivity index (χ1v) is 5.95. The first-order chi connectivity index (χ1) is 8.08. The van der Waals surface area contributed by atoms with Gasteiger partial charge in [0.2, 0.25) is 0 Å². The number of rotatable bonds is 4. The van der Waals surface area contributed by atoms with Crippen molar-refractivity contribution in [3.05, 3.63) is 33.8 Å². The third-order valence-corrected chi connectivity index (χ3v) is 2.85. The van der Waals surface area contributed by atoms with Crippen LogP contribution in [0.5, 0.6) is 0 Å². The summed E-state index contributed by atoms with van der Waals surface area (Å²) >= 11 is 3.41. The van der Waals surface area contributed by atoms with Crippen molar-refractivity contribution in [2.24, 2.45) is 5.16 Å². The van der Waals surface area contributed by atoms with Crippen molar-refractivity contribution in [1.82, 2.24) is 5.32 Å². The number of nitrogens with one attached hydrogen (secondary N) is 1. The summed E-state index contributed by atoms with van der Waals surface area (Å²) < 4.78 is 0.978. The van der Waals surface area contributed by atoms with Crippen molar-refractivity contribution < 1.29 is 9.63 Å². The van der Waals surface area contributed by atoms with Gasteiger partial charge in [-0.05, 0) is 30.2 Å². The Morgan fingerprint density at radius 2 is 2.24 bits per heavy atom. The Hall–Kier alpha value is -1.36. The second-order valence-corrected chi connectivity index (χ2v) is 4.46. The molecule has 0 bridgehead atoms. The zero-order valence-electron chi connectivity index (χ0n) is 10.1. The van der Waals surface area contributed by atoms with Crippen molar-refractivity contribution in [1.29, 1.82) is 0 Å². The van der Waals surface area contributed by atoms with Crippen LogP contribution >= 0.6 is 15.9 Å². The number of nitrogens with zero attached hydrogens (tertiary/aromatic N) is 1. The maximum Gasteiger partial charge on any atom is 0.269 e. The topological polar surface area (TPSA) is 50.7 Å². The highest BCUT2D eigenvalue weighted by Gasteiger charge is 2.13. The molecule has 0 atom stereocenters. The number of halogens is 1. The SMILES string of the molecule is CNC(=O)C(Cc1cc(Br)ccc1C)=NOC. The maximum atomic E-state index is 11.6. The molecule has 92 valence electrons. The van der Waals surface area contributed by atoms with Gasteiger partial charge in [-0.3, -0.25) is 4.79 Å². The Morgan fingerprint density at radius 1 is 1.53 bits per heavy atom. The van der Waals surface area contributed by atoms with Gasteiger partial charge < -0.3 is 10.2 Å². The number of hydrogen-bond acceptors (Lipinski definition) is 3. The zero-order chi connectivity index (χ0) is 12.8. The van der Waals surface area contributed by atoms with Crippen LogP contribution in [-0.2, 0) is 16.1 Å². The van der Waals surface area contributed by atoms with Gasteiger partial charge in [-0.1, -0.05) is 27.2 Å². The van der Waals surface area contributed by atoms with Crippen LogP contribution in [0.25, 0.3) is 0 Å². The Labute approximate surface area is 109 Å². The molecule has 0 saturated heterocycles. The quantitative estimate of drug-likeness (QED) is 0.683. The maximum absolute atomic E-state index is 11.6. The highest BCUT2D eigenvalue weighted by atomic mass is 79.9. The Kier molecular flexibility index (Phi) is 5.15. The fraction of sp³-hybridized carbons (Fsp3) is 0.333. The fourth-order valence-electron chi connectivity index (χ4n) is 1.42. The molecular formula is C12H15BrN2O2. The molecule has 5 heteroatoms. The van der Waals surface area contributed by atoms with Crippen LogP contribution in [0.3, 0.4) is 0 Å². The van der Waals surface area contributed by atoms with E-state index >= 15 is 0 Å². The normalized spacial score (nSPS) is 11.2. The van der Waals surface area contributed by atoms with Crippen molar-refractivity contribution in [2.45, 2.75) is 13.3 Å². The molecule has 0 aliphatic heterocycles. The molecular weight excluding hydrogens is 284 g/mol. The number of aryl methyl sites for hydroxylation is 1. The summed E-state index contributed by atoms with van der Waals surface area (Å²) in [6.45, 7) is 2.00. The van der Waals surface area contributed by atoms with E-state index in [9.17, 15) is 4.79 Å². The van der Waals surface area contributed by atoms with Crippen LogP contribution in [0.15, 0.2) is 27.8 Å². The molecule has 1 aromatic rings. The molecule has 17 heavy (non-hydrogen) atoms. The molecule has 0 aliphatic rings. The molecule has 0 fully saturated rings. The summed E-state index contributed by atoms with van der Waals surface area (Å²) in [4.78, 5) is 16.3. The minimum Gasteiger partial charge on any atom is -0.399 e. The van der Waals surface area contributed by atoms with Crippen LogP contribution in [0.1, 0.15) is 11.1 Å². The Bertz CT molecular complexity index is 444. The van der Waals surface area contributed by atoms with Gasteiger partial charge in [-0.2, -0.15) is 0 Å². The van der Waals surface area contributed by atoms with Crippen LogP contribution in [0, 0.1) is 6.92 Å². The second-order valence-electron chi connectivity index (χ2n) is 3.55. The van der Waals surface area contributed by atoms with Gasteiger partial charge in [-0.25, -0.2) is 0 Å². The first-order valence-electron chi connectivity index (χ1n) is 5.15. The molecule has 1 rings (SSSR count). The zero-order valence-corrected chi connectivity index (χ0v) is 11.7. The molecule has 0 aliphatic carbocycles. The van der Waals surface area contributed by atoms with Crippen LogP contribution in [0.4, 0.5) is 0 Å². The number of amides is 1. The predicted molar refractivity (Wildman–Crippen MR) is 71.1 cm³/mol. The monoisotopic (exact) mass is 298 g/mol. The van der Waals surface area contributed by atoms with E-state index in [0.29, 0.717) is 12.1 Å². The van der Waals surface area contributed by atoms with E-state index in [2.05, 4.69) is 31.2 Å². The summed E-state index contributed by atoms with van der Waals surface area (Å²) in [7, 11) is 3.00. The average molecular weight is 299 g/mol. The van der Waals surface area contributed by atoms with Crippen molar-refractivity contribution in [2.75, 3.05) is 14.2 Å². The smallest absolute Gasteiger partial charge is 0.269 e. The van der Waals surface area contributed by atoms with E-state index in [1.165, 1.54) is 7.11 Å². The van der Waals surface area contributed by atoms with E-state index in [-0.39, 0.29) is 5.91 Å². The van der Waals surface area contributed by atoms with Crippen molar-refractivity contribution in [3.8, 4) is 0 Å². The van der Waals surface area contributed by atoms with Crippen LogP contribution in [0.2, 0.25) is 0 Å². The fourth-order valence-corrected chi connectivity index (χ4v) is 1.83. The van der Waals surface area contributed by atoms with Gasteiger partial charge in [0, 0.05) is 17.9 Å². The third-order valence-electron chi connectivity index (χ3n) is 2.36. The molecule has 0 radical (unpaired) electrons. The lowest BCUT2D eigenvalue weighted by atomic mass is 10.0. The lowest BCUT2D eigenvalue weighted by Gasteiger charge is -2.08. The molecule has 4 nitrogen and oxygen atoms in total. The van der Waals surface area contributed by atoms with Crippen molar-refractivity contribution in [3.63, 3.8) is 0 Å². The van der Waals surface area contributed by atoms with Gasteiger partial charge in [0.15, 0.2) is 0 Å². The van der Waals surface area contributed by atoms with Gasteiger partial charge >= 0.3 is 0 Å². The summed E-state index contributed by atoms with van der Waals surface area (Å²) in [5.74, 6) is -0.230. The number of carbonyl (C=O) groups is 1. The molecule has 0 spiro atoms. The largest absolute Gasteiger partial charge is 0.399 e. The van der Waals surface area contributed by atoms with Gasteiger partial charge in [0.1, 0.15) is 12.8 Å². The number of hydrogen-bond donors (Lipinski definition) is 1. The highest BCUT2D eigenvalue weighted by molar-refractivity contribution is 9.10. The molecule has 0 saturated carbocycles. The molecule has 0 heterocycles. The minimum atomic E-state index is -0.230. The molecule has 0 aromatic heterocycles. The summed E-state index contributed by atoms with van der Waals surface area (Å²) in [5.41, 5.74) is 2.51. The number of carbonyl (C=O) groups excluding carboxylic acids is 1.